The third kappa shape index (κ3) is 4.91. The molecule has 0 spiro atoms. The zero-order chi connectivity index (χ0) is 38.6. The SMILES string of the molecule is c1ccc(-c2c(-c3cc4ccccc4s3)c(-c3cc4ccccc4o3)c3sc4c(-c5cc6ccccc6[nH]5)cccc4c3c2-c2cccc3oc4ccccc4c23)nc1. The largest absolute Gasteiger partial charge is 0.456 e. The van der Waals surface area contributed by atoms with Crippen molar-refractivity contribution < 1.29 is 8.83 Å². The maximum absolute atomic E-state index is 6.97. The molecule has 0 amide bonds. The molecule has 0 aliphatic rings. The standard InChI is InChI=1S/C53H30N2O2S2/c1-5-20-37-30(13-1)27-39(55-37)33-17-11-19-36-48-47(35-18-12-24-42-46(35)34-16-4-7-23-41(34)57-42)49(38-21-9-10-26-54-38)51(45-29-32-15-3-8-25-44(32)58-45)50(53(48)59-52(33)36)43-28-31-14-2-6-22-40(31)56-43/h1-29,55H. The number of aromatic nitrogens is 2. The highest BCUT2D eigenvalue weighted by atomic mass is 32.1. The van der Waals surface area contributed by atoms with Crippen LogP contribution in [0.15, 0.2) is 185 Å². The molecule has 0 atom stereocenters. The van der Waals surface area contributed by atoms with Crippen molar-refractivity contribution in [3.05, 3.63) is 176 Å². The van der Waals surface area contributed by atoms with Crippen LogP contribution in [0.4, 0.5) is 0 Å². The zero-order valence-electron chi connectivity index (χ0n) is 31.3. The summed E-state index contributed by atoms with van der Waals surface area (Å²) in [5, 5.41) is 7.98. The number of hydrogen-bond donors (Lipinski definition) is 1. The molecule has 0 fully saturated rings. The van der Waals surface area contributed by atoms with Gasteiger partial charge in [0.25, 0.3) is 0 Å². The van der Waals surface area contributed by atoms with Crippen molar-refractivity contribution in [1.82, 2.24) is 9.97 Å². The van der Waals surface area contributed by atoms with Crippen LogP contribution in [0.3, 0.4) is 0 Å². The summed E-state index contributed by atoms with van der Waals surface area (Å²) >= 11 is 3.66. The molecule has 4 nitrogen and oxygen atoms in total. The van der Waals surface area contributed by atoms with Gasteiger partial charge in [0.05, 0.1) is 5.69 Å². The van der Waals surface area contributed by atoms with Gasteiger partial charge < -0.3 is 13.8 Å². The molecule has 7 aromatic carbocycles. The highest BCUT2D eigenvalue weighted by Crippen LogP contribution is 2.58. The number of para-hydroxylation sites is 3. The van der Waals surface area contributed by atoms with Gasteiger partial charge in [0.2, 0.25) is 0 Å². The fourth-order valence-corrected chi connectivity index (χ4v) is 11.7. The molecule has 6 heterocycles. The minimum atomic E-state index is 0.832. The predicted octanol–water partition coefficient (Wildman–Crippen LogP) is 16.1. The molecule has 6 heteroatoms. The molecule has 13 aromatic rings. The molecule has 0 radical (unpaired) electrons. The molecule has 0 aliphatic heterocycles. The van der Waals surface area contributed by atoms with Crippen molar-refractivity contribution in [3.8, 4) is 55.4 Å². The molecule has 0 aliphatic carbocycles. The minimum Gasteiger partial charge on any atom is -0.456 e. The van der Waals surface area contributed by atoms with Crippen LogP contribution in [-0.4, -0.2) is 9.97 Å². The first kappa shape index (κ1) is 32.8. The maximum Gasteiger partial charge on any atom is 0.137 e. The Labute approximate surface area is 345 Å². The Morgan fingerprint density at radius 2 is 1.20 bits per heavy atom. The van der Waals surface area contributed by atoms with Crippen LogP contribution in [-0.2, 0) is 0 Å². The van der Waals surface area contributed by atoms with Crippen LogP contribution in [0, 0.1) is 0 Å². The average Bonchev–Trinajstić information content (AvgIpc) is 4.13. The monoisotopic (exact) mass is 790 g/mol. The van der Waals surface area contributed by atoms with Crippen LogP contribution in [0.5, 0.6) is 0 Å². The number of nitrogens with one attached hydrogen (secondary N) is 1. The average molecular weight is 791 g/mol. The molecule has 6 aromatic heterocycles. The van der Waals surface area contributed by atoms with Gasteiger partial charge in [-0.05, 0) is 71.6 Å². The highest BCUT2D eigenvalue weighted by molar-refractivity contribution is 7.27. The summed E-state index contributed by atoms with van der Waals surface area (Å²) in [5.74, 6) is 0.832. The predicted molar refractivity (Wildman–Crippen MR) is 249 cm³/mol. The Morgan fingerprint density at radius 1 is 0.458 bits per heavy atom. The number of hydrogen-bond acceptors (Lipinski definition) is 5. The van der Waals surface area contributed by atoms with Gasteiger partial charge in [-0.25, -0.2) is 0 Å². The summed E-state index contributed by atoms with van der Waals surface area (Å²) in [7, 11) is 0. The first-order valence-electron chi connectivity index (χ1n) is 19.7. The fraction of sp³-hybridized carbons (Fsp3) is 0. The Hall–Kier alpha value is -7.25. The minimum absolute atomic E-state index is 0.832. The number of nitrogens with zero attached hydrogens (tertiary/aromatic N) is 1. The van der Waals surface area contributed by atoms with Crippen LogP contribution in [0.1, 0.15) is 0 Å². The van der Waals surface area contributed by atoms with E-state index in [1.807, 2.05) is 47.1 Å². The number of fused-ring (bicyclic) bond motifs is 9. The van der Waals surface area contributed by atoms with Gasteiger partial charge in [-0.15, -0.1) is 22.7 Å². The second kappa shape index (κ2) is 12.6. The van der Waals surface area contributed by atoms with Crippen LogP contribution >= 0.6 is 22.7 Å². The first-order valence-corrected chi connectivity index (χ1v) is 21.3. The summed E-state index contributed by atoms with van der Waals surface area (Å²) in [4.78, 5) is 10.1. The van der Waals surface area contributed by atoms with Crippen molar-refractivity contribution in [2.75, 3.05) is 0 Å². The Bertz CT molecular complexity index is 3710. The lowest BCUT2D eigenvalue weighted by Gasteiger charge is -2.21. The third-order valence-electron chi connectivity index (χ3n) is 11.7. The second-order valence-electron chi connectivity index (χ2n) is 15.0. The fourth-order valence-electron chi connectivity index (χ4n) is 9.17. The number of rotatable bonds is 5. The van der Waals surface area contributed by atoms with Crippen LogP contribution in [0.2, 0.25) is 0 Å². The summed E-state index contributed by atoms with van der Waals surface area (Å²) in [5.41, 5.74) is 12.3. The third-order valence-corrected chi connectivity index (χ3v) is 14.1. The van der Waals surface area contributed by atoms with Gasteiger partial charge in [-0.1, -0.05) is 109 Å². The van der Waals surface area contributed by atoms with Crippen LogP contribution in [0.25, 0.3) is 129 Å². The smallest absolute Gasteiger partial charge is 0.137 e. The van der Waals surface area contributed by atoms with Gasteiger partial charge in [-0.2, -0.15) is 0 Å². The van der Waals surface area contributed by atoms with E-state index < -0.39 is 0 Å². The van der Waals surface area contributed by atoms with Gasteiger partial charge in [0.1, 0.15) is 22.5 Å². The topological polar surface area (TPSA) is 55.0 Å². The quantitative estimate of drug-likeness (QED) is 0.189. The summed E-state index contributed by atoms with van der Waals surface area (Å²) in [6.45, 7) is 0. The van der Waals surface area contributed by atoms with Crippen molar-refractivity contribution in [2.24, 2.45) is 0 Å². The van der Waals surface area contributed by atoms with Gasteiger partial charge in [-0.3, -0.25) is 4.98 Å². The van der Waals surface area contributed by atoms with E-state index in [0.29, 0.717) is 0 Å². The van der Waals surface area contributed by atoms with E-state index in [2.05, 4.69) is 157 Å². The summed E-state index contributed by atoms with van der Waals surface area (Å²) in [6, 6.07) is 60.2. The second-order valence-corrected chi connectivity index (χ2v) is 17.2. The lowest BCUT2D eigenvalue weighted by Crippen LogP contribution is -1.96. The Kier molecular flexibility index (Phi) is 7.02. The van der Waals surface area contributed by atoms with E-state index in [-0.39, 0.29) is 0 Å². The molecule has 13 rings (SSSR count). The Morgan fingerprint density at radius 3 is 2.07 bits per heavy atom. The van der Waals surface area contributed by atoms with Crippen molar-refractivity contribution in [2.45, 2.75) is 0 Å². The first-order chi connectivity index (χ1) is 29.2. The zero-order valence-corrected chi connectivity index (χ0v) is 33.0. The number of H-pyrrole nitrogens is 1. The molecule has 0 saturated heterocycles. The van der Waals surface area contributed by atoms with Crippen molar-refractivity contribution in [1.29, 1.82) is 0 Å². The number of furan rings is 2. The number of thiophene rings is 2. The van der Waals surface area contributed by atoms with Crippen molar-refractivity contribution >= 4 is 96.7 Å². The van der Waals surface area contributed by atoms with E-state index in [0.717, 1.165) is 98.5 Å². The maximum atomic E-state index is 6.97. The van der Waals surface area contributed by atoms with E-state index in [4.69, 9.17) is 13.8 Å². The highest BCUT2D eigenvalue weighted by Gasteiger charge is 2.31. The number of benzene rings is 7. The summed E-state index contributed by atoms with van der Waals surface area (Å²) < 4.78 is 17.2. The van der Waals surface area contributed by atoms with Gasteiger partial charge in [0.15, 0.2) is 0 Å². The molecule has 0 bridgehead atoms. The number of pyridine rings is 1. The van der Waals surface area contributed by atoms with Gasteiger partial charge in [0, 0.05) is 96.5 Å². The van der Waals surface area contributed by atoms with E-state index >= 15 is 0 Å². The lowest BCUT2D eigenvalue weighted by atomic mass is 9.83. The lowest BCUT2D eigenvalue weighted by molar-refractivity contribution is 0.632. The van der Waals surface area contributed by atoms with E-state index in [1.54, 1.807) is 0 Å². The normalized spacial score (nSPS) is 12.1. The Balaban J connectivity index is 1.29. The molecular weight excluding hydrogens is 761 g/mol. The molecule has 0 unspecified atom stereocenters. The molecule has 0 saturated carbocycles. The van der Waals surface area contributed by atoms with E-state index in [9.17, 15) is 0 Å². The van der Waals surface area contributed by atoms with Crippen molar-refractivity contribution in [3.63, 3.8) is 0 Å². The van der Waals surface area contributed by atoms with Crippen LogP contribution < -0.4 is 0 Å². The molecule has 1 N–H and O–H groups in total. The van der Waals surface area contributed by atoms with E-state index in [1.165, 1.54) is 30.9 Å². The molecular formula is C53H30N2O2S2. The molecule has 276 valence electrons. The van der Waals surface area contributed by atoms with Gasteiger partial charge >= 0.3 is 0 Å². The number of aromatic amines is 1. The molecule has 59 heavy (non-hydrogen) atoms. The summed E-state index contributed by atoms with van der Waals surface area (Å²) in [6.07, 6.45) is 1.91.